The number of likely N-dealkylation sites (tertiary alicyclic amines) is 1. The van der Waals surface area contributed by atoms with Crippen molar-refractivity contribution in [3.63, 3.8) is 0 Å². The van der Waals surface area contributed by atoms with Gasteiger partial charge in [-0.25, -0.2) is 14.8 Å². The first kappa shape index (κ1) is 20.0. The quantitative estimate of drug-likeness (QED) is 0.849. The summed E-state index contributed by atoms with van der Waals surface area (Å²) in [7, 11) is 0. The first-order chi connectivity index (χ1) is 13.4. The molecule has 3 rings (SSSR count). The topological polar surface area (TPSA) is 102 Å². The summed E-state index contributed by atoms with van der Waals surface area (Å²) in [6, 6.07) is 3.71. The lowest BCUT2D eigenvalue weighted by molar-refractivity contribution is 0.0706. The molecular formula is C21H28N4O3. The molecule has 7 nitrogen and oxygen atoms in total. The van der Waals surface area contributed by atoms with Gasteiger partial charge in [0.05, 0.1) is 0 Å². The van der Waals surface area contributed by atoms with Crippen LogP contribution in [0.3, 0.4) is 0 Å². The number of aromatic nitrogens is 2. The molecule has 0 aliphatic carbocycles. The normalized spacial score (nSPS) is 16.2. The van der Waals surface area contributed by atoms with Gasteiger partial charge in [-0.15, -0.1) is 0 Å². The van der Waals surface area contributed by atoms with E-state index < -0.39 is 5.63 Å². The van der Waals surface area contributed by atoms with Crippen LogP contribution < -0.4 is 11.4 Å². The van der Waals surface area contributed by atoms with Gasteiger partial charge >= 0.3 is 5.63 Å². The van der Waals surface area contributed by atoms with E-state index >= 15 is 0 Å². The molecule has 0 bridgehead atoms. The maximum absolute atomic E-state index is 13.0. The third kappa shape index (κ3) is 4.24. The Morgan fingerprint density at radius 2 is 2.11 bits per heavy atom. The maximum atomic E-state index is 13.0. The van der Waals surface area contributed by atoms with Gasteiger partial charge in [-0.1, -0.05) is 20.3 Å². The number of nitrogens with zero attached hydrogens (tertiary/aromatic N) is 3. The van der Waals surface area contributed by atoms with Crippen LogP contribution in [0, 0.1) is 6.92 Å². The molecule has 28 heavy (non-hydrogen) atoms. The zero-order valence-electron chi connectivity index (χ0n) is 16.8. The van der Waals surface area contributed by atoms with E-state index in [1.54, 1.807) is 11.1 Å². The highest BCUT2D eigenvalue weighted by Gasteiger charge is 2.28. The van der Waals surface area contributed by atoms with Gasteiger partial charge in [0, 0.05) is 36.8 Å². The van der Waals surface area contributed by atoms with Crippen molar-refractivity contribution in [3.8, 4) is 0 Å². The van der Waals surface area contributed by atoms with Crippen molar-refractivity contribution in [2.75, 3.05) is 18.8 Å². The van der Waals surface area contributed by atoms with Gasteiger partial charge in [-0.3, -0.25) is 4.79 Å². The predicted octanol–water partition coefficient (Wildman–Crippen LogP) is 3.24. The molecule has 1 amide bonds. The summed E-state index contributed by atoms with van der Waals surface area (Å²) in [5, 5.41) is 0. The Bertz CT molecular complexity index is 901. The van der Waals surface area contributed by atoms with Crippen LogP contribution in [0.5, 0.6) is 0 Å². The Labute approximate surface area is 165 Å². The fraction of sp³-hybridized carbons (Fsp3) is 0.524. The number of carbonyl (C=O) groups excluding carboxylic acids is 1. The highest BCUT2D eigenvalue weighted by Crippen LogP contribution is 2.28. The maximum Gasteiger partial charge on any atom is 0.349 e. The molecule has 2 aromatic heterocycles. The summed E-state index contributed by atoms with van der Waals surface area (Å²) in [4.78, 5) is 35.4. The molecule has 1 atom stereocenters. The molecule has 0 spiro atoms. The van der Waals surface area contributed by atoms with Crippen molar-refractivity contribution in [3.05, 3.63) is 51.3 Å². The number of hydrogen-bond donors (Lipinski definition) is 1. The number of carbonyl (C=O) groups is 1. The Hall–Kier alpha value is -2.70. The molecule has 2 aromatic rings. The molecule has 1 unspecified atom stereocenters. The van der Waals surface area contributed by atoms with Crippen LogP contribution in [0.2, 0.25) is 0 Å². The van der Waals surface area contributed by atoms with E-state index in [1.165, 1.54) is 0 Å². The molecule has 0 saturated carbocycles. The summed E-state index contributed by atoms with van der Waals surface area (Å²) >= 11 is 0. The van der Waals surface area contributed by atoms with Gasteiger partial charge in [-0.2, -0.15) is 0 Å². The Morgan fingerprint density at radius 3 is 2.71 bits per heavy atom. The number of hydrogen-bond acceptors (Lipinski definition) is 6. The molecule has 7 heteroatoms. The average Bonchev–Trinajstić information content (AvgIpc) is 2.67. The van der Waals surface area contributed by atoms with Crippen molar-refractivity contribution < 1.29 is 9.21 Å². The van der Waals surface area contributed by atoms with Gasteiger partial charge in [0.2, 0.25) is 5.95 Å². The van der Waals surface area contributed by atoms with Gasteiger partial charge in [-0.05, 0) is 43.9 Å². The first-order valence-corrected chi connectivity index (χ1v) is 9.93. The third-order valence-corrected chi connectivity index (χ3v) is 5.49. The molecule has 1 aliphatic heterocycles. The standard InChI is InChI=1S/C21H28N4O3/c1-4-5-13(2)17-12-14(3)18(20(27)28-17)19(26)25-10-7-15(8-11-25)16-6-9-23-21(22)24-16/h6,9,12-13,15H,4-5,7-8,10-11H2,1-3H3,(H2,22,23,24). The average molecular weight is 384 g/mol. The van der Waals surface area contributed by atoms with Crippen molar-refractivity contribution in [1.29, 1.82) is 0 Å². The van der Waals surface area contributed by atoms with Gasteiger partial charge in [0.25, 0.3) is 5.91 Å². The summed E-state index contributed by atoms with van der Waals surface area (Å²) in [6.07, 6.45) is 5.16. The molecule has 3 heterocycles. The largest absolute Gasteiger partial charge is 0.427 e. The monoisotopic (exact) mass is 384 g/mol. The van der Waals surface area contributed by atoms with Gasteiger partial charge in [0.15, 0.2) is 0 Å². The fourth-order valence-corrected chi connectivity index (χ4v) is 3.86. The number of piperidine rings is 1. The molecular weight excluding hydrogens is 356 g/mol. The predicted molar refractivity (Wildman–Crippen MR) is 107 cm³/mol. The summed E-state index contributed by atoms with van der Waals surface area (Å²) < 4.78 is 5.49. The lowest BCUT2D eigenvalue weighted by atomic mass is 9.92. The molecule has 1 aliphatic rings. The second-order valence-corrected chi connectivity index (χ2v) is 7.59. The van der Waals surface area contributed by atoms with E-state index in [0.29, 0.717) is 24.4 Å². The minimum absolute atomic E-state index is 0.150. The smallest absolute Gasteiger partial charge is 0.349 e. The highest BCUT2D eigenvalue weighted by atomic mass is 16.4. The van der Waals surface area contributed by atoms with Crippen molar-refractivity contribution in [1.82, 2.24) is 14.9 Å². The first-order valence-electron chi connectivity index (χ1n) is 9.93. The Morgan fingerprint density at radius 1 is 1.39 bits per heavy atom. The minimum atomic E-state index is -0.534. The van der Waals surface area contributed by atoms with Crippen LogP contribution in [0.15, 0.2) is 27.5 Å². The second-order valence-electron chi connectivity index (χ2n) is 7.59. The van der Waals surface area contributed by atoms with Crippen LogP contribution in [0.25, 0.3) is 0 Å². The number of nitrogens with two attached hydrogens (primary N) is 1. The summed E-state index contributed by atoms with van der Waals surface area (Å²) in [5.41, 5.74) is 6.88. The number of nitrogen functional groups attached to an aromatic ring is 1. The molecule has 0 aromatic carbocycles. The molecule has 0 radical (unpaired) electrons. The molecule has 1 saturated heterocycles. The van der Waals surface area contributed by atoms with Crippen LogP contribution in [-0.2, 0) is 0 Å². The number of anilines is 1. The van der Waals surface area contributed by atoms with Crippen molar-refractivity contribution in [2.45, 2.75) is 58.3 Å². The number of aryl methyl sites for hydroxylation is 1. The van der Waals surface area contributed by atoms with Gasteiger partial charge in [0.1, 0.15) is 11.3 Å². The summed E-state index contributed by atoms with van der Waals surface area (Å²) in [5.74, 6) is 1.07. The van der Waals surface area contributed by atoms with Crippen LogP contribution in [-0.4, -0.2) is 33.9 Å². The summed E-state index contributed by atoms with van der Waals surface area (Å²) in [6.45, 7) is 7.08. The minimum Gasteiger partial charge on any atom is -0.427 e. The molecule has 1 fully saturated rings. The Balaban J connectivity index is 1.72. The lowest BCUT2D eigenvalue weighted by Gasteiger charge is -2.31. The van der Waals surface area contributed by atoms with Gasteiger partial charge < -0.3 is 15.1 Å². The van der Waals surface area contributed by atoms with E-state index in [1.807, 2.05) is 26.0 Å². The molecule has 2 N–H and O–H groups in total. The number of amides is 1. The SMILES string of the molecule is CCCC(C)c1cc(C)c(C(=O)N2CCC(c3ccnc(N)n3)CC2)c(=O)o1. The van der Waals surface area contributed by atoms with E-state index in [9.17, 15) is 9.59 Å². The zero-order valence-corrected chi connectivity index (χ0v) is 16.8. The number of rotatable bonds is 5. The molecule has 150 valence electrons. The zero-order chi connectivity index (χ0) is 20.3. The fourth-order valence-electron chi connectivity index (χ4n) is 3.86. The van der Waals surface area contributed by atoms with Crippen LogP contribution in [0.4, 0.5) is 5.95 Å². The van der Waals surface area contributed by atoms with E-state index in [2.05, 4.69) is 16.9 Å². The highest BCUT2D eigenvalue weighted by molar-refractivity contribution is 5.95. The Kier molecular flexibility index (Phi) is 6.11. The van der Waals surface area contributed by atoms with E-state index in [4.69, 9.17) is 10.2 Å². The van der Waals surface area contributed by atoms with Crippen molar-refractivity contribution >= 4 is 11.9 Å². The third-order valence-electron chi connectivity index (χ3n) is 5.49. The second kappa shape index (κ2) is 8.54. The van der Waals surface area contributed by atoms with E-state index in [-0.39, 0.29) is 29.3 Å². The van der Waals surface area contributed by atoms with Crippen LogP contribution >= 0.6 is 0 Å². The van der Waals surface area contributed by atoms with Crippen molar-refractivity contribution in [2.24, 2.45) is 0 Å². The van der Waals surface area contributed by atoms with Crippen LogP contribution in [0.1, 0.15) is 78.7 Å². The lowest BCUT2D eigenvalue weighted by Crippen LogP contribution is -2.40. The van der Waals surface area contributed by atoms with E-state index in [0.717, 1.165) is 31.4 Å².